The van der Waals surface area contributed by atoms with Crippen LogP contribution in [-0.4, -0.2) is 51.9 Å². The van der Waals surface area contributed by atoms with Gasteiger partial charge in [-0.05, 0) is 12.8 Å². The number of primary amides is 1. The van der Waals surface area contributed by atoms with Gasteiger partial charge in [-0.3, -0.25) is 9.59 Å². The molecule has 1 saturated heterocycles. The van der Waals surface area contributed by atoms with E-state index >= 15 is 0 Å². The second-order valence-corrected chi connectivity index (χ2v) is 4.53. The Bertz CT molecular complexity index is 308. The summed E-state index contributed by atoms with van der Waals surface area (Å²) in [7, 11) is 0. The van der Waals surface area contributed by atoms with Gasteiger partial charge in [0, 0.05) is 6.54 Å². The van der Waals surface area contributed by atoms with E-state index in [9.17, 15) is 14.4 Å². The molecular weight excluding hydrogens is 232 g/mol. The molecule has 1 unspecified atom stereocenters. The minimum atomic E-state index is -0.967. The van der Waals surface area contributed by atoms with Gasteiger partial charge >= 0.3 is 5.97 Å². The van der Waals surface area contributed by atoms with Gasteiger partial charge in [0.15, 0.2) is 0 Å². The van der Waals surface area contributed by atoms with Gasteiger partial charge in [-0.15, -0.1) is 11.8 Å². The predicted molar refractivity (Wildman–Crippen MR) is 58.9 cm³/mol. The summed E-state index contributed by atoms with van der Waals surface area (Å²) in [5, 5.41) is 8.87. The van der Waals surface area contributed by atoms with Gasteiger partial charge in [-0.25, -0.2) is 4.79 Å². The highest BCUT2D eigenvalue weighted by Crippen LogP contribution is 2.18. The number of carbonyl (C=O) groups is 3. The number of rotatable bonds is 5. The van der Waals surface area contributed by atoms with Crippen LogP contribution < -0.4 is 5.73 Å². The standard InChI is InChI=1S/C9H14N2O4S/c10-7(12)4-16-5-8(13)11-3-1-2-6(11)9(14)15/h6H,1-5H2,(H2,10,12)(H,14,15). The third kappa shape index (κ3) is 3.41. The topological polar surface area (TPSA) is 101 Å². The highest BCUT2D eigenvalue weighted by Gasteiger charge is 2.33. The van der Waals surface area contributed by atoms with Crippen LogP contribution in [0.2, 0.25) is 0 Å². The molecule has 6 nitrogen and oxygen atoms in total. The smallest absolute Gasteiger partial charge is 0.326 e. The zero-order valence-corrected chi connectivity index (χ0v) is 9.53. The fraction of sp³-hybridized carbons (Fsp3) is 0.667. The van der Waals surface area contributed by atoms with Crippen molar-refractivity contribution in [1.29, 1.82) is 0 Å². The molecule has 3 N–H and O–H groups in total. The first-order chi connectivity index (χ1) is 7.52. The van der Waals surface area contributed by atoms with Gasteiger partial charge in [0.25, 0.3) is 0 Å². The van der Waals surface area contributed by atoms with E-state index in [1.807, 2.05) is 0 Å². The Balaban J connectivity index is 2.41. The first-order valence-corrected chi connectivity index (χ1v) is 6.06. The molecule has 0 bridgehead atoms. The summed E-state index contributed by atoms with van der Waals surface area (Å²) in [6, 6.07) is -0.707. The summed E-state index contributed by atoms with van der Waals surface area (Å²) < 4.78 is 0. The summed E-state index contributed by atoms with van der Waals surface area (Å²) >= 11 is 1.11. The van der Waals surface area contributed by atoms with Gasteiger partial charge in [-0.2, -0.15) is 0 Å². The lowest BCUT2D eigenvalue weighted by Crippen LogP contribution is -2.41. The lowest BCUT2D eigenvalue weighted by Gasteiger charge is -2.20. The molecule has 1 aliphatic heterocycles. The molecule has 0 aromatic carbocycles. The lowest BCUT2D eigenvalue weighted by atomic mass is 10.2. The summed E-state index contributed by atoms with van der Waals surface area (Å²) in [6.45, 7) is 0.479. The molecule has 0 radical (unpaired) electrons. The van der Waals surface area contributed by atoms with E-state index in [1.165, 1.54) is 4.90 Å². The molecule has 90 valence electrons. The molecule has 0 aromatic heterocycles. The van der Waals surface area contributed by atoms with Crippen LogP contribution >= 0.6 is 11.8 Å². The van der Waals surface area contributed by atoms with Crippen molar-refractivity contribution in [3.8, 4) is 0 Å². The van der Waals surface area contributed by atoms with Gasteiger partial charge in [0.1, 0.15) is 6.04 Å². The molecule has 1 fully saturated rings. The van der Waals surface area contributed by atoms with E-state index < -0.39 is 17.9 Å². The molecular formula is C9H14N2O4S. The first-order valence-electron chi connectivity index (χ1n) is 4.90. The number of carbonyl (C=O) groups excluding carboxylic acids is 2. The maximum atomic E-state index is 11.6. The number of amides is 2. The largest absolute Gasteiger partial charge is 0.480 e. The van der Waals surface area contributed by atoms with Crippen LogP contribution in [0, 0.1) is 0 Å². The van der Waals surface area contributed by atoms with Crippen LogP contribution in [0.3, 0.4) is 0 Å². The van der Waals surface area contributed by atoms with Crippen molar-refractivity contribution >= 4 is 29.5 Å². The summed E-state index contributed by atoms with van der Waals surface area (Å²) in [6.07, 6.45) is 1.21. The Morgan fingerprint density at radius 2 is 2.06 bits per heavy atom. The second kappa shape index (κ2) is 5.74. The van der Waals surface area contributed by atoms with Crippen molar-refractivity contribution in [3.05, 3.63) is 0 Å². The minimum Gasteiger partial charge on any atom is -0.480 e. The van der Waals surface area contributed by atoms with Crippen LogP contribution in [0.1, 0.15) is 12.8 Å². The van der Waals surface area contributed by atoms with Crippen molar-refractivity contribution < 1.29 is 19.5 Å². The van der Waals surface area contributed by atoms with E-state index in [0.717, 1.165) is 11.8 Å². The molecule has 1 heterocycles. The number of aliphatic carboxylic acids is 1. The number of carboxylic acid groups (broad SMARTS) is 1. The Morgan fingerprint density at radius 1 is 1.38 bits per heavy atom. The van der Waals surface area contributed by atoms with Crippen LogP contribution in [0.4, 0.5) is 0 Å². The van der Waals surface area contributed by atoms with E-state index in [2.05, 4.69) is 0 Å². The second-order valence-electron chi connectivity index (χ2n) is 3.54. The molecule has 16 heavy (non-hydrogen) atoms. The molecule has 1 atom stereocenters. The highest BCUT2D eigenvalue weighted by molar-refractivity contribution is 8.00. The number of nitrogens with two attached hydrogens (primary N) is 1. The zero-order valence-electron chi connectivity index (χ0n) is 8.72. The van der Waals surface area contributed by atoms with Crippen LogP contribution in [0.25, 0.3) is 0 Å². The Labute approximate surface area is 97.2 Å². The molecule has 0 aromatic rings. The SMILES string of the molecule is NC(=O)CSCC(=O)N1CCCC1C(=O)O. The molecule has 7 heteroatoms. The maximum Gasteiger partial charge on any atom is 0.326 e. The molecule has 0 spiro atoms. The van der Waals surface area contributed by atoms with Crippen LogP contribution in [-0.2, 0) is 14.4 Å². The molecule has 0 saturated carbocycles. The lowest BCUT2D eigenvalue weighted by molar-refractivity contribution is -0.147. The zero-order chi connectivity index (χ0) is 12.1. The number of likely N-dealkylation sites (tertiary alicyclic amines) is 1. The number of hydrogen-bond acceptors (Lipinski definition) is 4. The van der Waals surface area contributed by atoms with Gasteiger partial charge < -0.3 is 15.7 Å². The third-order valence-electron chi connectivity index (χ3n) is 2.33. The van der Waals surface area contributed by atoms with Crippen molar-refractivity contribution in [2.45, 2.75) is 18.9 Å². The van der Waals surface area contributed by atoms with Gasteiger partial charge in [0.05, 0.1) is 11.5 Å². The molecule has 1 rings (SSSR count). The van der Waals surface area contributed by atoms with Crippen LogP contribution in [0.15, 0.2) is 0 Å². The van der Waals surface area contributed by atoms with Crippen molar-refractivity contribution in [3.63, 3.8) is 0 Å². The number of carboxylic acids is 1. The van der Waals surface area contributed by atoms with Crippen molar-refractivity contribution in [1.82, 2.24) is 4.90 Å². The van der Waals surface area contributed by atoms with Gasteiger partial charge in [-0.1, -0.05) is 0 Å². The normalized spacial score (nSPS) is 19.8. The highest BCUT2D eigenvalue weighted by atomic mass is 32.2. The van der Waals surface area contributed by atoms with Crippen molar-refractivity contribution in [2.24, 2.45) is 5.73 Å². The Morgan fingerprint density at radius 3 is 2.62 bits per heavy atom. The molecule has 1 aliphatic rings. The van der Waals surface area contributed by atoms with E-state index in [4.69, 9.17) is 10.8 Å². The van der Waals surface area contributed by atoms with E-state index in [1.54, 1.807) is 0 Å². The number of hydrogen-bond donors (Lipinski definition) is 2. The maximum absolute atomic E-state index is 11.6. The van der Waals surface area contributed by atoms with Crippen molar-refractivity contribution in [2.75, 3.05) is 18.1 Å². The Kier molecular flexibility index (Phi) is 4.60. The first kappa shape index (κ1) is 12.8. The minimum absolute atomic E-state index is 0.0807. The average molecular weight is 246 g/mol. The predicted octanol–water partition coefficient (Wildman–Crippen LogP) is -0.720. The summed E-state index contributed by atoms with van der Waals surface area (Å²) in [5.41, 5.74) is 4.93. The Hall–Kier alpha value is -1.24. The monoisotopic (exact) mass is 246 g/mol. The fourth-order valence-electron chi connectivity index (χ4n) is 1.64. The molecule has 2 amide bonds. The van der Waals surface area contributed by atoms with Gasteiger partial charge in [0.2, 0.25) is 11.8 Å². The van der Waals surface area contributed by atoms with E-state index in [-0.39, 0.29) is 17.4 Å². The molecule has 0 aliphatic carbocycles. The number of thioether (sulfide) groups is 1. The fourth-order valence-corrected chi connectivity index (χ4v) is 2.29. The quantitative estimate of drug-likeness (QED) is 0.666. The third-order valence-corrected chi connectivity index (χ3v) is 3.27. The van der Waals surface area contributed by atoms with E-state index in [0.29, 0.717) is 19.4 Å². The number of nitrogens with zero attached hydrogens (tertiary/aromatic N) is 1. The van der Waals surface area contributed by atoms with Crippen LogP contribution in [0.5, 0.6) is 0 Å². The summed E-state index contributed by atoms with van der Waals surface area (Å²) in [5.74, 6) is -1.50. The summed E-state index contributed by atoms with van der Waals surface area (Å²) in [4.78, 5) is 34.3. The average Bonchev–Trinajstić information content (AvgIpc) is 2.65.